The first-order valence-corrected chi connectivity index (χ1v) is 6.80. The molecular weight excluding hydrogens is 252 g/mol. The van der Waals surface area contributed by atoms with Crippen molar-refractivity contribution in [3.8, 4) is 0 Å². The molecular formula is C16H24N2O2. The number of allylic oxidation sites excluding steroid dienone is 1. The van der Waals surface area contributed by atoms with Crippen LogP contribution in [0.25, 0.3) is 0 Å². The maximum absolute atomic E-state index is 12.3. The van der Waals surface area contributed by atoms with E-state index in [0.717, 1.165) is 17.7 Å². The molecule has 2 N–H and O–H groups in total. The maximum atomic E-state index is 12.3. The van der Waals surface area contributed by atoms with Crippen LogP contribution in [0.3, 0.4) is 0 Å². The van der Waals surface area contributed by atoms with Gasteiger partial charge in [-0.05, 0) is 51.8 Å². The lowest BCUT2D eigenvalue weighted by Gasteiger charge is -2.26. The van der Waals surface area contributed by atoms with Crippen LogP contribution in [0.15, 0.2) is 30.5 Å². The number of nitrogens with two attached hydrogens (primary N) is 1. The SMILES string of the molecule is CC/C=C/N(C(=O)OC(C)(C)C)c1cccc(N)c1C. The van der Waals surface area contributed by atoms with Crippen LogP contribution in [0.5, 0.6) is 0 Å². The minimum atomic E-state index is -0.538. The van der Waals surface area contributed by atoms with Gasteiger partial charge >= 0.3 is 6.09 Å². The summed E-state index contributed by atoms with van der Waals surface area (Å²) in [5.41, 5.74) is 7.63. The number of hydrogen-bond acceptors (Lipinski definition) is 3. The monoisotopic (exact) mass is 276 g/mol. The molecule has 0 atom stereocenters. The van der Waals surface area contributed by atoms with Crippen molar-refractivity contribution in [3.63, 3.8) is 0 Å². The Kier molecular flexibility index (Phi) is 5.19. The van der Waals surface area contributed by atoms with Gasteiger partial charge < -0.3 is 10.5 Å². The average molecular weight is 276 g/mol. The second kappa shape index (κ2) is 6.46. The first-order valence-electron chi connectivity index (χ1n) is 6.80. The number of anilines is 2. The maximum Gasteiger partial charge on any atom is 0.418 e. The molecule has 1 amide bonds. The minimum absolute atomic E-state index is 0.407. The van der Waals surface area contributed by atoms with Crippen LogP contribution >= 0.6 is 0 Å². The van der Waals surface area contributed by atoms with Crippen LogP contribution in [0.1, 0.15) is 39.7 Å². The predicted molar refractivity (Wildman–Crippen MR) is 83.7 cm³/mol. The zero-order valence-corrected chi connectivity index (χ0v) is 12.9. The van der Waals surface area contributed by atoms with E-state index >= 15 is 0 Å². The third kappa shape index (κ3) is 4.30. The Morgan fingerprint density at radius 3 is 2.60 bits per heavy atom. The number of carbonyl (C=O) groups excluding carboxylic acids is 1. The van der Waals surface area contributed by atoms with E-state index in [9.17, 15) is 4.79 Å². The summed E-state index contributed by atoms with van der Waals surface area (Å²) in [6, 6.07) is 5.50. The van der Waals surface area contributed by atoms with E-state index in [1.54, 1.807) is 6.20 Å². The first-order chi connectivity index (χ1) is 9.26. The summed E-state index contributed by atoms with van der Waals surface area (Å²) in [5.74, 6) is 0. The smallest absolute Gasteiger partial charge is 0.418 e. The summed E-state index contributed by atoms with van der Waals surface area (Å²) in [6.07, 6.45) is 4.07. The van der Waals surface area contributed by atoms with Crippen molar-refractivity contribution in [2.45, 2.75) is 46.6 Å². The third-order valence-electron chi connectivity index (χ3n) is 2.69. The Morgan fingerprint density at radius 2 is 2.05 bits per heavy atom. The highest BCUT2D eigenvalue weighted by atomic mass is 16.6. The summed E-state index contributed by atoms with van der Waals surface area (Å²) >= 11 is 0. The first kappa shape index (κ1) is 16.1. The number of ether oxygens (including phenoxy) is 1. The second-order valence-corrected chi connectivity index (χ2v) is 5.63. The Morgan fingerprint density at radius 1 is 1.40 bits per heavy atom. The van der Waals surface area contributed by atoms with E-state index in [0.29, 0.717) is 5.69 Å². The fourth-order valence-corrected chi connectivity index (χ4v) is 1.66. The van der Waals surface area contributed by atoms with Crippen LogP contribution in [0.2, 0.25) is 0 Å². The highest BCUT2D eigenvalue weighted by Gasteiger charge is 2.23. The van der Waals surface area contributed by atoms with Crippen LogP contribution in [0.4, 0.5) is 16.2 Å². The van der Waals surface area contributed by atoms with Gasteiger partial charge in [0, 0.05) is 11.9 Å². The van der Waals surface area contributed by atoms with Gasteiger partial charge in [0.05, 0.1) is 5.69 Å². The molecule has 0 aliphatic carbocycles. The van der Waals surface area contributed by atoms with Crippen molar-refractivity contribution in [3.05, 3.63) is 36.0 Å². The summed E-state index contributed by atoms with van der Waals surface area (Å²) in [5, 5.41) is 0. The number of nitrogen functional groups attached to an aromatic ring is 1. The topological polar surface area (TPSA) is 55.6 Å². The Hall–Kier alpha value is -1.97. The molecule has 0 fully saturated rings. The number of carbonyl (C=O) groups is 1. The molecule has 0 aliphatic rings. The van der Waals surface area contributed by atoms with Gasteiger partial charge in [0.15, 0.2) is 0 Å². The van der Waals surface area contributed by atoms with E-state index < -0.39 is 11.7 Å². The fourth-order valence-electron chi connectivity index (χ4n) is 1.66. The molecule has 20 heavy (non-hydrogen) atoms. The number of rotatable bonds is 3. The Labute approximate surface area is 121 Å². The van der Waals surface area contributed by atoms with Crippen molar-refractivity contribution < 1.29 is 9.53 Å². The van der Waals surface area contributed by atoms with Gasteiger partial charge in [0.25, 0.3) is 0 Å². The van der Waals surface area contributed by atoms with Gasteiger partial charge in [0.1, 0.15) is 5.60 Å². The summed E-state index contributed by atoms with van der Waals surface area (Å²) in [7, 11) is 0. The third-order valence-corrected chi connectivity index (χ3v) is 2.69. The normalized spacial score (nSPS) is 11.7. The zero-order valence-electron chi connectivity index (χ0n) is 12.9. The molecule has 0 aliphatic heterocycles. The van der Waals surface area contributed by atoms with E-state index in [1.165, 1.54) is 4.90 Å². The van der Waals surface area contributed by atoms with E-state index in [-0.39, 0.29) is 0 Å². The van der Waals surface area contributed by atoms with Gasteiger partial charge in [-0.25, -0.2) is 4.79 Å². The Bertz CT molecular complexity index is 502. The minimum Gasteiger partial charge on any atom is -0.443 e. The largest absolute Gasteiger partial charge is 0.443 e. The van der Waals surface area contributed by atoms with Crippen LogP contribution < -0.4 is 10.6 Å². The summed E-state index contributed by atoms with van der Waals surface area (Å²) < 4.78 is 5.44. The lowest BCUT2D eigenvalue weighted by molar-refractivity contribution is 0.0596. The fraction of sp³-hybridized carbons (Fsp3) is 0.438. The standard InChI is InChI=1S/C16H24N2O2/c1-6-7-11-18(15(19)20-16(3,4)5)14-10-8-9-13(17)12(14)2/h7-11H,6,17H2,1-5H3/b11-7+. The molecule has 1 rings (SSSR count). The lowest BCUT2D eigenvalue weighted by Crippen LogP contribution is -2.34. The average Bonchev–Trinajstić information content (AvgIpc) is 2.32. The van der Waals surface area contributed by atoms with Gasteiger partial charge in [-0.3, -0.25) is 4.90 Å². The molecule has 1 aromatic carbocycles. The molecule has 4 heteroatoms. The molecule has 0 aromatic heterocycles. The van der Waals surface area contributed by atoms with Crippen LogP contribution in [-0.2, 0) is 4.74 Å². The van der Waals surface area contributed by atoms with Crippen molar-refractivity contribution in [2.75, 3.05) is 10.6 Å². The molecule has 0 bridgehead atoms. The van der Waals surface area contributed by atoms with Crippen molar-refractivity contribution in [2.24, 2.45) is 0 Å². The molecule has 0 spiro atoms. The van der Waals surface area contributed by atoms with Gasteiger partial charge in [-0.1, -0.05) is 19.1 Å². The number of hydrogen-bond donors (Lipinski definition) is 1. The molecule has 0 radical (unpaired) electrons. The molecule has 1 aromatic rings. The summed E-state index contributed by atoms with van der Waals surface area (Å²) in [6.45, 7) is 9.44. The van der Waals surface area contributed by atoms with E-state index in [1.807, 2.05) is 58.9 Å². The van der Waals surface area contributed by atoms with Crippen LogP contribution in [-0.4, -0.2) is 11.7 Å². The lowest BCUT2D eigenvalue weighted by atomic mass is 10.1. The second-order valence-electron chi connectivity index (χ2n) is 5.63. The van der Waals surface area contributed by atoms with Crippen molar-refractivity contribution in [1.29, 1.82) is 0 Å². The van der Waals surface area contributed by atoms with E-state index in [2.05, 4.69) is 0 Å². The zero-order chi connectivity index (χ0) is 15.3. The number of benzene rings is 1. The molecule has 0 saturated heterocycles. The molecule has 0 saturated carbocycles. The van der Waals surface area contributed by atoms with Gasteiger partial charge in [-0.2, -0.15) is 0 Å². The predicted octanol–water partition coefficient (Wildman–Crippen LogP) is 4.24. The summed E-state index contributed by atoms with van der Waals surface area (Å²) in [4.78, 5) is 13.8. The quantitative estimate of drug-likeness (QED) is 0.840. The molecule has 0 heterocycles. The van der Waals surface area contributed by atoms with Gasteiger partial charge in [0.2, 0.25) is 0 Å². The van der Waals surface area contributed by atoms with Crippen molar-refractivity contribution in [1.82, 2.24) is 0 Å². The molecule has 0 unspecified atom stereocenters. The molecule has 4 nitrogen and oxygen atoms in total. The van der Waals surface area contributed by atoms with Crippen molar-refractivity contribution >= 4 is 17.5 Å². The number of nitrogens with zero attached hydrogens (tertiary/aromatic N) is 1. The highest BCUT2D eigenvalue weighted by molar-refractivity contribution is 5.91. The van der Waals surface area contributed by atoms with Gasteiger partial charge in [-0.15, -0.1) is 0 Å². The number of amides is 1. The molecule has 110 valence electrons. The Balaban J connectivity index is 3.16. The van der Waals surface area contributed by atoms with E-state index in [4.69, 9.17) is 10.5 Å². The van der Waals surface area contributed by atoms with Crippen LogP contribution in [0, 0.1) is 6.92 Å². The highest BCUT2D eigenvalue weighted by Crippen LogP contribution is 2.26.